The van der Waals surface area contributed by atoms with Crippen LogP contribution < -0.4 is 16.0 Å². The molecular formula is C9H10N6O2S. The Labute approximate surface area is 103 Å². The van der Waals surface area contributed by atoms with Crippen LogP contribution >= 0.6 is 0 Å². The van der Waals surface area contributed by atoms with Crippen LogP contribution in [0.4, 0.5) is 11.4 Å². The number of anilines is 2. The number of hydrogen-bond acceptors (Lipinski definition) is 7. The largest absolute Gasteiger partial charge is 0.321 e. The minimum atomic E-state index is -3.84. The van der Waals surface area contributed by atoms with Gasteiger partial charge in [0, 0.05) is 6.20 Å². The summed E-state index contributed by atoms with van der Waals surface area (Å²) in [6, 6.07) is 3.07. The number of hydrogen-bond donors (Lipinski definition) is 3. The number of nitrogens with one attached hydrogen (secondary N) is 2. The molecule has 2 aromatic heterocycles. The van der Waals surface area contributed by atoms with Gasteiger partial charge in [0.1, 0.15) is 6.33 Å². The lowest BCUT2D eigenvalue weighted by Crippen LogP contribution is -2.19. The van der Waals surface area contributed by atoms with Crippen molar-refractivity contribution in [1.82, 2.24) is 15.0 Å². The van der Waals surface area contributed by atoms with Crippen LogP contribution in [0.15, 0.2) is 42.1 Å². The van der Waals surface area contributed by atoms with Crippen molar-refractivity contribution >= 4 is 21.4 Å². The predicted molar refractivity (Wildman–Crippen MR) is 64.9 cm³/mol. The summed E-state index contributed by atoms with van der Waals surface area (Å²) in [6.45, 7) is 0. The number of nitrogens with two attached hydrogens (primary N) is 1. The summed E-state index contributed by atoms with van der Waals surface area (Å²) < 4.78 is 26.4. The summed E-state index contributed by atoms with van der Waals surface area (Å²) in [4.78, 5) is 11.2. The highest BCUT2D eigenvalue weighted by Crippen LogP contribution is 2.19. The molecule has 0 spiro atoms. The van der Waals surface area contributed by atoms with Crippen molar-refractivity contribution in [3.63, 3.8) is 0 Å². The van der Waals surface area contributed by atoms with Gasteiger partial charge in [-0.2, -0.15) is 8.42 Å². The van der Waals surface area contributed by atoms with E-state index in [1.807, 2.05) is 0 Å². The quantitative estimate of drug-likeness (QED) is 0.524. The Morgan fingerprint density at radius 2 is 1.94 bits per heavy atom. The molecule has 0 aliphatic carbocycles. The average Bonchev–Trinajstić information content (AvgIpc) is 2.39. The Morgan fingerprint density at radius 1 is 1.22 bits per heavy atom. The molecule has 0 aromatic carbocycles. The van der Waals surface area contributed by atoms with Gasteiger partial charge in [0.15, 0.2) is 0 Å². The van der Waals surface area contributed by atoms with Gasteiger partial charge in [-0.1, -0.05) is 0 Å². The van der Waals surface area contributed by atoms with E-state index in [0.717, 1.165) is 0 Å². The van der Waals surface area contributed by atoms with E-state index in [-0.39, 0.29) is 16.4 Å². The molecule has 0 saturated heterocycles. The number of hydrazine groups is 1. The van der Waals surface area contributed by atoms with Gasteiger partial charge in [-0.3, -0.25) is 10.6 Å². The fourth-order valence-electron chi connectivity index (χ4n) is 1.27. The maximum absolute atomic E-state index is 12.1. The zero-order chi connectivity index (χ0) is 13.0. The number of aromatic nitrogens is 3. The number of sulfonamides is 1. The van der Waals surface area contributed by atoms with E-state index in [0.29, 0.717) is 0 Å². The molecule has 8 nitrogen and oxygen atoms in total. The number of pyridine rings is 1. The standard InChI is InChI=1S/C9H10N6O2S/c10-14-8-2-1-3-13-9(8)18(16,17)15-7-4-11-6-12-5-7/h1-6,14-15H,10H2. The fraction of sp³-hybridized carbons (Fsp3) is 0. The molecule has 0 bridgehead atoms. The second kappa shape index (κ2) is 4.94. The number of nitrogens with zero attached hydrogens (tertiary/aromatic N) is 3. The first-order valence-corrected chi connectivity index (χ1v) is 6.31. The molecular weight excluding hydrogens is 256 g/mol. The highest BCUT2D eigenvalue weighted by molar-refractivity contribution is 7.92. The molecule has 0 radical (unpaired) electrons. The van der Waals surface area contributed by atoms with Crippen LogP contribution in [0.1, 0.15) is 0 Å². The second-order valence-corrected chi connectivity index (χ2v) is 4.83. The van der Waals surface area contributed by atoms with Crippen LogP contribution in [-0.2, 0) is 10.0 Å². The van der Waals surface area contributed by atoms with Gasteiger partial charge in [-0.05, 0) is 12.1 Å². The van der Waals surface area contributed by atoms with Crippen molar-refractivity contribution in [3.05, 3.63) is 37.1 Å². The predicted octanol–water partition coefficient (Wildman–Crippen LogP) is -0.0420. The first kappa shape index (κ1) is 12.2. The average molecular weight is 266 g/mol. The fourth-order valence-corrected chi connectivity index (χ4v) is 2.40. The molecule has 0 unspecified atom stereocenters. The summed E-state index contributed by atoms with van der Waals surface area (Å²) in [5.74, 6) is 5.23. The zero-order valence-electron chi connectivity index (χ0n) is 9.11. The van der Waals surface area contributed by atoms with Crippen LogP contribution in [0.25, 0.3) is 0 Å². The summed E-state index contributed by atoms with van der Waals surface area (Å²) in [5.41, 5.74) is 2.71. The molecule has 0 atom stereocenters. The Bertz CT molecular complexity index is 631. The first-order valence-electron chi connectivity index (χ1n) is 4.83. The summed E-state index contributed by atoms with van der Waals surface area (Å²) in [6.07, 6.45) is 5.33. The smallest absolute Gasteiger partial charge is 0.281 e. The van der Waals surface area contributed by atoms with Gasteiger partial charge in [0.05, 0.1) is 23.8 Å². The van der Waals surface area contributed by atoms with Gasteiger partial charge in [0.2, 0.25) is 5.03 Å². The van der Waals surface area contributed by atoms with Crippen LogP contribution in [0.3, 0.4) is 0 Å². The van der Waals surface area contributed by atoms with E-state index < -0.39 is 10.0 Å². The van der Waals surface area contributed by atoms with Crippen molar-refractivity contribution < 1.29 is 8.42 Å². The second-order valence-electron chi connectivity index (χ2n) is 3.23. The van der Waals surface area contributed by atoms with Gasteiger partial charge in [-0.25, -0.2) is 15.0 Å². The molecule has 2 aromatic rings. The molecule has 0 aliphatic heterocycles. The van der Waals surface area contributed by atoms with Gasteiger partial charge in [0.25, 0.3) is 10.0 Å². The topological polar surface area (TPSA) is 123 Å². The normalized spacial score (nSPS) is 10.9. The third-order valence-corrected chi connectivity index (χ3v) is 3.33. The highest BCUT2D eigenvalue weighted by Gasteiger charge is 2.19. The van der Waals surface area contributed by atoms with Crippen molar-refractivity contribution in [3.8, 4) is 0 Å². The maximum atomic E-state index is 12.1. The Morgan fingerprint density at radius 3 is 2.61 bits per heavy atom. The molecule has 0 aliphatic rings. The third kappa shape index (κ3) is 2.52. The van der Waals surface area contributed by atoms with Crippen LogP contribution in [0.5, 0.6) is 0 Å². The maximum Gasteiger partial charge on any atom is 0.281 e. The Balaban J connectivity index is 2.37. The molecule has 0 amide bonds. The van der Waals surface area contributed by atoms with E-state index in [9.17, 15) is 8.42 Å². The number of rotatable bonds is 4. The summed E-state index contributed by atoms with van der Waals surface area (Å²) >= 11 is 0. The molecule has 2 heterocycles. The van der Waals surface area contributed by atoms with Gasteiger partial charge < -0.3 is 5.43 Å². The third-order valence-electron chi connectivity index (χ3n) is 1.99. The summed E-state index contributed by atoms with van der Waals surface area (Å²) in [5, 5.41) is -0.198. The van der Waals surface area contributed by atoms with Crippen LogP contribution in [0.2, 0.25) is 0 Å². The Hall–Kier alpha value is -2.26. The lowest BCUT2D eigenvalue weighted by molar-refractivity contribution is 0.598. The number of nitrogen functional groups attached to an aromatic ring is 1. The molecule has 9 heteroatoms. The van der Waals surface area contributed by atoms with E-state index in [2.05, 4.69) is 25.1 Å². The molecule has 18 heavy (non-hydrogen) atoms. The Kier molecular flexibility index (Phi) is 3.35. The van der Waals surface area contributed by atoms with Crippen molar-refractivity contribution in [2.45, 2.75) is 5.03 Å². The van der Waals surface area contributed by atoms with E-state index in [1.54, 1.807) is 6.07 Å². The van der Waals surface area contributed by atoms with Crippen molar-refractivity contribution in [1.29, 1.82) is 0 Å². The first-order chi connectivity index (χ1) is 8.63. The van der Waals surface area contributed by atoms with E-state index >= 15 is 0 Å². The van der Waals surface area contributed by atoms with E-state index in [1.165, 1.54) is 31.0 Å². The SMILES string of the molecule is NNc1cccnc1S(=O)(=O)Nc1cncnc1. The lowest BCUT2D eigenvalue weighted by atomic mass is 10.4. The molecule has 94 valence electrons. The van der Waals surface area contributed by atoms with Crippen molar-refractivity contribution in [2.24, 2.45) is 5.84 Å². The van der Waals surface area contributed by atoms with Crippen LogP contribution in [0, 0.1) is 0 Å². The minimum Gasteiger partial charge on any atom is -0.321 e. The van der Waals surface area contributed by atoms with Crippen LogP contribution in [-0.4, -0.2) is 23.4 Å². The van der Waals surface area contributed by atoms with Gasteiger partial charge in [-0.15, -0.1) is 0 Å². The highest BCUT2D eigenvalue weighted by atomic mass is 32.2. The monoisotopic (exact) mass is 266 g/mol. The van der Waals surface area contributed by atoms with Crippen molar-refractivity contribution in [2.75, 3.05) is 10.1 Å². The lowest BCUT2D eigenvalue weighted by Gasteiger charge is -2.09. The van der Waals surface area contributed by atoms with E-state index in [4.69, 9.17) is 5.84 Å². The zero-order valence-corrected chi connectivity index (χ0v) is 9.92. The molecule has 4 N–H and O–H groups in total. The molecule has 2 rings (SSSR count). The summed E-state index contributed by atoms with van der Waals surface area (Å²) in [7, 11) is -3.84. The minimum absolute atomic E-state index is 0.196. The molecule has 0 saturated carbocycles. The van der Waals surface area contributed by atoms with Gasteiger partial charge >= 0.3 is 0 Å². The molecule has 0 fully saturated rings.